The zero-order valence-electron chi connectivity index (χ0n) is 13.9. The van der Waals surface area contributed by atoms with E-state index in [2.05, 4.69) is 20.8 Å². The zero-order valence-corrected chi connectivity index (χ0v) is 14.7. The van der Waals surface area contributed by atoms with Gasteiger partial charge in [0.1, 0.15) is 10.6 Å². The number of thioether (sulfide) groups is 1. The maximum atomic E-state index is 12.2. The summed E-state index contributed by atoms with van der Waals surface area (Å²) in [6, 6.07) is 9.27. The number of rotatable bonds is 7. The number of aromatic nitrogens is 2. The van der Waals surface area contributed by atoms with E-state index in [1.807, 2.05) is 30.3 Å². The fourth-order valence-electron chi connectivity index (χ4n) is 2.04. The molecule has 1 heterocycles. The van der Waals surface area contributed by atoms with E-state index in [9.17, 15) is 9.59 Å². The van der Waals surface area contributed by atoms with Gasteiger partial charge in [-0.25, -0.2) is 9.78 Å². The molecule has 2 aromatic rings. The van der Waals surface area contributed by atoms with Gasteiger partial charge in [-0.1, -0.05) is 30.3 Å². The normalized spacial score (nSPS) is 10.2. The van der Waals surface area contributed by atoms with Gasteiger partial charge in [-0.3, -0.25) is 15.6 Å². The number of hydrogen-bond acceptors (Lipinski definition) is 8. The van der Waals surface area contributed by atoms with Gasteiger partial charge < -0.3 is 10.5 Å². The molecule has 25 heavy (non-hydrogen) atoms. The number of nitrogens with one attached hydrogen (secondary N) is 2. The summed E-state index contributed by atoms with van der Waals surface area (Å²) in [5, 5.41) is 0.366. The van der Waals surface area contributed by atoms with E-state index in [1.165, 1.54) is 11.8 Å². The van der Waals surface area contributed by atoms with Crippen molar-refractivity contribution in [3.63, 3.8) is 0 Å². The molecule has 0 fully saturated rings. The van der Waals surface area contributed by atoms with Crippen LogP contribution >= 0.6 is 11.8 Å². The van der Waals surface area contributed by atoms with Gasteiger partial charge >= 0.3 is 5.97 Å². The van der Waals surface area contributed by atoms with Crippen molar-refractivity contribution in [2.45, 2.75) is 18.4 Å². The molecule has 8 nitrogen and oxygen atoms in total. The quantitative estimate of drug-likeness (QED) is 0.295. The molecule has 0 aliphatic carbocycles. The molecule has 0 bridgehead atoms. The molecule has 0 saturated heterocycles. The molecule has 2 rings (SSSR count). The summed E-state index contributed by atoms with van der Waals surface area (Å²) in [6.07, 6.45) is 1.93. The van der Waals surface area contributed by atoms with Crippen LogP contribution < -0.4 is 16.6 Å². The van der Waals surface area contributed by atoms with Crippen LogP contribution in [0.25, 0.3) is 0 Å². The molecule has 0 saturated carbocycles. The fourth-order valence-corrected chi connectivity index (χ4v) is 2.61. The van der Waals surface area contributed by atoms with Gasteiger partial charge in [0, 0.05) is 0 Å². The van der Waals surface area contributed by atoms with Crippen molar-refractivity contribution in [2.24, 2.45) is 0 Å². The summed E-state index contributed by atoms with van der Waals surface area (Å²) in [5.74, 6) is -0.801. The third-order valence-corrected chi connectivity index (χ3v) is 3.78. The average Bonchev–Trinajstić information content (AvgIpc) is 2.60. The molecule has 0 aliphatic heterocycles. The Hall–Kier alpha value is -2.81. The first-order valence-corrected chi connectivity index (χ1v) is 8.75. The first-order valence-electron chi connectivity index (χ1n) is 7.52. The number of hydrogen-bond donors (Lipinski definition) is 3. The monoisotopic (exact) mass is 361 g/mol. The Morgan fingerprint density at radius 3 is 2.60 bits per heavy atom. The van der Waals surface area contributed by atoms with E-state index in [-0.39, 0.29) is 36.3 Å². The van der Waals surface area contributed by atoms with Crippen molar-refractivity contribution >= 4 is 35.4 Å². The Kier molecular flexibility index (Phi) is 6.58. The lowest BCUT2D eigenvalue weighted by molar-refractivity contribution is -0.119. The minimum atomic E-state index is -0.591. The molecule has 1 aromatic carbocycles. The number of anilines is 2. The molecule has 4 N–H and O–H groups in total. The molecule has 0 unspecified atom stereocenters. The zero-order chi connectivity index (χ0) is 18.2. The highest BCUT2D eigenvalue weighted by Crippen LogP contribution is 2.25. The second-order valence-corrected chi connectivity index (χ2v) is 5.67. The number of hydrazine groups is 1. The number of carbonyl (C=O) groups excluding carboxylic acids is 2. The summed E-state index contributed by atoms with van der Waals surface area (Å²) in [4.78, 5) is 32.3. The predicted molar refractivity (Wildman–Crippen MR) is 96.1 cm³/mol. The van der Waals surface area contributed by atoms with E-state index < -0.39 is 5.97 Å². The number of amides is 1. The van der Waals surface area contributed by atoms with E-state index in [1.54, 1.807) is 13.2 Å². The first kappa shape index (κ1) is 18.5. The molecule has 0 atom stereocenters. The average molecular weight is 361 g/mol. The topological polar surface area (TPSA) is 119 Å². The molecule has 0 aliphatic rings. The molecule has 1 amide bonds. The molecule has 1 aromatic heterocycles. The number of benzene rings is 1. The lowest BCUT2D eigenvalue weighted by Crippen LogP contribution is -2.32. The number of nitrogens with two attached hydrogens (primary N) is 1. The number of carbonyl (C=O) groups is 2. The summed E-state index contributed by atoms with van der Waals surface area (Å²) < 4.78 is 5.03. The summed E-state index contributed by atoms with van der Waals surface area (Å²) >= 11 is 1.23. The van der Waals surface area contributed by atoms with E-state index in [0.29, 0.717) is 5.03 Å². The van der Waals surface area contributed by atoms with Gasteiger partial charge in [-0.15, -0.1) is 11.8 Å². The van der Waals surface area contributed by atoms with Gasteiger partial charge in [-0.2, -0.15) is 4.98 Å². The van der Waals surface area contributed by atoms with Crippen LogP contribution in [0.4, 0.5) is 11.8 Å². The molecule has 0 spiro atoms. The van der Waals surface area contributed by atoms with Crippen molar-refractivity contribution in [3.05, 3.63) is 41.5 Å². The molecule has 132 valence electrons. The highest BCUT2D eigenvalue weighted by atomic mass is 32.2. The van der Waals surface area contributed by atoms with Crippen molar-refractivity contribution < 1.29 is 14.3 Å². The van der Waals surface area contributed by atoms with Crippen molar-refractivity contribution in [1.29, 1.82) is 0 Å². The van der Waals surface area contributed by atoms with Crippen molar-refractivity contribution in [3.8, 4) is 0 Å². The Balaban J connectivity index is 2.16. The Morgan fingerprint density at radius 1 is 1.24 bits per heavy atom. The van der Waals surface area contributed by atoms with Crippen LogP contribution in [0.3, 0.4) is 0 Å². The van der Waals surface area contributed by atoms with Crippen LogP contribution in [-0.2, 0) is 16.0 Å². The molecular weight excluding hydrogens is 342 g/mol. The Labute approximate surface area is 149 Å². The highest BCUT2D eigenvalue weighted by Gasteiger charge is 2.22. The van der Waals surface area contributed by atoms with Crippen LogP contribution in [0.5, 0.6) is 0 Å². The van der Waals surface area contributed by atoms with Crippen LogP contribution in [0.2, 0.25) is 0 Å². The fraction of sp³-hybridized carbons (Fsp3) is 0.250. The second kappa shape index (κ2) is 8.88. The van der Waals surface area contributed by atoms with Crippen molar-refractivity contribution in [2.75, 3.05) is 24.0 Å². The van der Waals surface area contributed by atoms with Crippen LogP contribution in [0.1, 0.15) is 22.8 Å². The maximum Gasteiger partial charge on any atom is 0.344 e. The van der Waals surface area contributed by atoms with Crippen molar-refractivity contribution in [1.82, 2.24) is 15.4 Å². The predicted octanol–water partition coefficient (Wildman–Crippen LogP) is 1.64. The first-order chi connectivity index (χ1) is 12.0. The van der Waals surface area contributed by atoms with Gasteiger partial charge in [-0.05, 0) is 18.7 Å². The maximum absolute atomic E-state index is 12.2. The van der Waals surface area contributed by atoms with Crippen LogP contribution in [0.15, 0.2) is 35.4 Å². The Bertz CT molecular complexity index is 755. The molecule has 0 radical (unpaired) electrons. The summed E-state index contributed by atoms with van der Waals surface area (Å²) in [6.45, 7) is 1.90. The second-order valence-electron chi connectivity index (χ2n) is 4.87. The van der Waals surface area contributed by atoms with Crippen LogP contribution in [0, 0.1) is 0 Å². The Morgan fingerprint density at radius 2 is 1.96 bits per heavy atom. The number of nitrogen functional groups attached to an aromatic ring is 1. The SMILES string of the molecule is CCOC(=O)c1c(NNC(=O)Cc2ccccc2)nc(N)nc1SC. The number of ether oxygens (including phenoxy) is 1. The summed E-state index contributed by atoms with van der Waals surface area (Å²) in [5.41, 5.74) is 11.8. The third kappa shape index (κ3) is 5.08. The van der Waals surface area contributed by atoms with Gasteiger partial charge in [0.2, 0.25) is 11.9 Å². The van der Waals surface area contributed by atoms with E-state index in [0.717, 1.165) is 5.56 Å². The van der Waals surface area contributed by atoms with E-state index >= 15 is 0 Å². The van der Waals surface area contributed by atoms with Gasteiger partial charge in [0.25, 0.3) is 0 Å². The summed E-state index contributed by atoms with van der Waals surface area (Å²) in [7, 11) is 0. The van der Waals surface area contributed by atoms with Gasteiger partial charge in [0.05, 0.1) is 13.0 Å². The molecular formula is C16H19N5O3S. The minimum Gasteiger partial charge on any atom is -0.462 e. The van der Waals surface area contributed by atoms with Crippen LogP contribution in [-0.4, -0.2) is 34.7 Å². The number of nitrogens with zero attached hydrogens (tertiary/aromatic N) is 2. The molecule has 9 heteroatoms. The lowest BCUT2D eigenvalue weighted by Gasteiger charge is -2.14. The lowest BCUT2D eigenvalue weighted by atomic mass is 10.1. The number of esters is 1. The highest BCUT2D eigenvalue weighted by molar-refractivity contribution is 7.98. The third-order valence-electron chi connectivity index (χ3n) is 3.09. The largest absolute Gasteiger partial charge is 0.462 e. The minimum absolute atomic E-state index is 0.0165. The van der Waals surface area contributed by atoms with E-state index in [4.69, 9.17) is 10.5 Å². The standard InChI is InChI=1S/C16H19N5O3S/c1-3-24-15(23)12-13(18-16(17)19-14(12)25-2)21-20-11(22)9-10-7-5-4-6-8-10/h4-8H,3,9H2,1-2H3,(H,20,22)(H3,17,18,19,21). The van der Waals surface area contributed by atoms with Gasteiger partial charge in [0.15, 0.2) is 5.82 Å². The smallest absolute Gasteiger partial charge is 0.344 e.